The van der Waals surface area contributed by atoms with Crippen molar-refractivity contribution in [2.24, 2.45) is 16.5 Å². The molecule has 1 heterocycles. The number of hydrogen-bond acceptors (Lipinski definition) is 6. The molecular formula is C25H24N4O2. The molecule has 6 nitrogen and oxygen atoms in total. The van der Waals surface area contributed by atoms with E-state index in [1.54, 1.807) is 0 Å². The summed E-state index contributed by atoms with van der Waals surface area (Å²) in [5.74, 6) is 5.01. The number of fused-ring (bicyclic) bond motifs is 1. The first-order chi connectivity index (χ1) is 15.0. The molecule has 0 aromatic heterocycles. The van der Waals surface area contributed by atoms with Gasteiger partial charge in [0.2, 0.25) is 5.96 Å². The monoisotopic (exact) mass is 412 g/mol. The number of benzene rings is 3. The molecule has 1 unspecified atom stereocenters. The van der Waals surface area contributed by atoms with E-state index in [9.17, 15) is 0 Å². The SMILES string of the molecule is CON1C(N)=NC(Cc2ccccc2)=C(C#Cc2ccc3ccccc3c2)C1(N)OC. The number of guanidine groups is 1. The fourth-order valence-corrected chi connectivity index (χ4v) is 3.61. The highest BCUT2D eigenvalue weighted by molar-refractivity contribution is 5.84. The number of methoxy groups -OCH3 is 1. The van der Waals surface area contributed by atoms with Crippen molar-refractivity contribution in [2.45, 2.75) is 12.3 Å². The molecule has 1 aliphatic heterocycles. The van der Waals surface area contributed by atoms with Gasteiger partial charge in [-0.25, -0.2) is 4.99 Å². The zero-order valence-electron chi connectivity index (χ0n) is 17.5. The number of nitrogens with zero attached hydrogens (tertiary/aromatic N) is 2. The fraction of sp³-hybridized carbons (Fsp3) is 0.160. The molecule has 31 heavy (non-hydrogen) atoms. The lowest BCUT2D eigenvalue weighted by molar-refractivity contribution is -0.224. The molecule has 0 saturated carbocycles. The molecule has 0 bridgehead atoms. The van der Waals surface area contributed by atoms with Crippen LogP contribution in [0.1, 0.15) is 11.1 Å². The van der Waals surface area contributed by atoms with E-state index in [2.05, 4.69) is 29.0 Å². The van der Waals surface area contributed by atoms with E-state index >= 15 is 0 Å². The topological polar surface area (TPSA) is 86.1 Å². The lowest BCUT2D eigenvalue weighted by Crippen LogP contribution is -2.64. The Bertz CT molecular complexity index is 1220. The summed E-state index contributed by atoms with van der Waals surface area (Å²) in [7, 11) is 2.95. The molecule has 6 heteroatoms. The molecule has 3 aromatic rings. The standard InChI is InChI=1S/C25H24N4O2/c1-30-25(27)22(15-13-19-12-14-20-10-6-7-11-21(20)16-19)23(28-24(26)29(25)31-2)17-18-8-4-3-5-9-18/h3-12,14,16H,17,27H2,1-2H3,(H2,26,28). The van der Waals surface area contributed by atoms with Crippen molar-refractivity contribution in [3.05, 3.63) is 95.2 Å². The highest BCUT2D eigenvalue weighted by Gasteiger charge is 2.44. The summed E-state index contributed by atoms with van der Waals surface area (Å²) in [6, 6.07) is 24.1. The zero-order chi connectivity index (χ0) is 21.8. The van der Waals surface area contributed by atoms with E-state index in [0.717, 1.165) is 21.9 Å². The van der Waals surface area contributed by atoms with Gasteiger partial charge < -0.3 is 10.5 Å². The third-order valence-electron chi connectivity index (χ3n) is 5.20. The van der Waals surface area contributed by atoms with Gasteiger partial charge in [-0.1, -0.05) is 72.5 Å². The van der Waals surface area contributed by atoms with Crippen molar-refractivity contribution in [3.8, 4) is 11.8 Å². The van der Waals surface area contributed by atoms with Crippen LogP contribution < -0.4 is 11.5 Å². The molecule has 0 aliphatic carbocycles. The Balaban J connectivity index is 1.83. The minimum absolute atomic E-state index is 0.106. The zero-order valence-corrected chi connectivity index (χ0v) is 17.5. The Hall–Kier alpha value is -3.63. The summed E-state index contributed by atoms with van der Waals surface area (Å²) in [6.07, 6.45) is 0.503. The molecule has 0 amide bonds. The van der Waals surface area contributed by atoms with E-state index in [-0.39, 0.29) is 5.96 Å². The van der Waals surface area contributed by atoms with Crippen LogP contribution in [0.2, 0.25) is 0 Å². The average Bonchev–Trinajstić information content (AvgIpc) is 2.79. The highest BCUT2D eigenvalue weighted by atomic mass is 16.7. The van der Waals surface area contributed by atoms with Crippen LogP contribution in [-0.4, -0.2) is 31.1 Å². The summed E-state index contributed by atoms with van der Waals surface area (Å²) in [4.78, 5) is 9.90. The minimum atomic E-state index is -1.51. The predicted octanol–water partition coefficient (Wildman–Crippen LogP) is 3.14. The van der Waals surface area contributed by atoms with Gasteiger partial charge >= 0.3 is 0 Å². The van der Waals surface area contributed by atoms with Gasteiger partial charge in [0.1, 0.15) is 0 Å². The van der Waals surface area contributed by atoms with Crippen LogP contribution in [0, 0.1) is 11.8 Å². The van der Waals surface area contributed by atoms with Gasteiger partial charge in [0.05, 0.1) is 18.4 Å². The minimum Gasteiger partial charge on any atom is -0.368 e. The van der Waals surface area contributed by atoms with Gasteiger partial charge in [-0.05, 0) is 28.5 Å². The second-order valence-electron chi connectivity index (χ2n) is 7.14. The number of nitrogens with two attached hydrogens (primary N) is 2. The first-order valence-electron chi connectivity index (χ1n) is 9.86. The van der Waals surface area contributed by atoms with E-state index < -0.39 is 5.85 Å². The first kappa shape index (κ1) is 20.6. The molecule has 0 saturated heterocycles. The molecule has 3 aromatic carbocycles. The largest absolute Gasteiger partial charge is 0.368 e. The van der Waals surface area contributed by atoms with Crippen molar-refractivity contribution in [1.29, 1.82) is 0 Å². The number of rotatable bonds is 4. The summed E-state index contributed by atoms with van der Waals surface area (Å²) in [5.41, 5.74) is 15.8. The van der Waals surface area contributed by atoms with Crippen molar-refractivity contribution in [1.82, 2.24) is 5.06 Å². The Labute approximate surface area is 181 Å². The first-order valence-corrected chi connectivity index (χ1v) is 9.86. The quantitative estimate of drug-likeness (QED) is 0.508. The Morgan fingerprint density at radius 1 is 0.935 bits per heavy atom. The van der Waals surface area contributed by atoms with E-state index in [4.69, 9.17) is 21.0 Å². The normalized spacial score (nSPS) is 18.5. The Kier molecular flexibility index (Phi) is 5.74. The van der Waals surface area contributed by atoms with Crippen LogP contribution in [-0.2, 0) is 16.0 Å². The predicted molar refractivity (Wildman–Crippen MR) is 122 cm³/mol. The summed E-state index contributed by atoms with van der Waals surface area (Å²) in [5, 5.41) is 3.50. The van der Waals surface area contributed by atoms with Crippen LogP contribution in [0.4, 0.5) is 0 Å². The molecule has 4 rings (SSSR count). The molecule has 0 fully saturated rings. The Morgan fingerprint density at radius 3 is 2.35 bits per heavy atom. The van der Waals surface area contributed by atoms with Crippen molar-refractivity contribution in [3.63, 3.8) is 0 Å². The molecular weight excluding hydrogens is 388 g/mol. The second kappa shape index (κ2) is 8.62. The fourth-order valence-electron chi connectivity index (χ4n) is 3.61. The maximum Gasteiger partial charge on any atom is 0.258 e. The maximum atomic E-state index is 6.60. The van der Waals surface area contributed by atoms with Crippen molar-refractivity contribution >= 4 is 16.7 Å². The van der Waals surface area contributed by atoms with Gasteiger partial charge in [-0.2, -0.15) is 5.06 Å². The Morgan fingerprint density at radius 2 is 1.65 bits per heavy atom. The molecule has 1 atom stereocenters. The van der Waals surface area contributed by atoms with Gasteiger partial charge in [-0.15, -0.1) is 0 Å². The van der Waals surface area contributed by atoms with Crippen LogP contribution in [0.15, 0.2) is 89.1 Å². The molecule has 1 aliphatic rings. The number of hydrogen-bond donors (Lipinski definition) is 2. The van der Waals surface area contributed by atoms with Crippen molar-refractivity contribution in [2.75, 3.05) is 14.2 Å². The summed E-state index contributed by atoms with van der Waals surface area (Å²) < 4.78 is 5.65. The lowest BCUT2D eigenvalue weighted by Gasteiger charge is -2.40. The van der Waals surface area contributed by atoms with Gasteiger partial charge in [-0.3, -0.25) is 10.6 Å². The average molecular weight is 412 g/mol. The van der Waals surface area contributed by atoms with Crippen LogP contribution in [0.3, 0.4) is 0 Å². The third-order valence-corrected chi connectivity index (χ3v) is 5.20. The highest BCUT2D eigenvalue weighted by Crippen LogP contribution is 2.30. The van der Waals surface area contributed by atoms with Crippen LogP contribution >= 0.6 is 0 Å². The molecule has 4 N–H and O–H groups in total. The third kappa shape index (κ3) is 4.03. The van der Waals surface area contributed by atoms with Gasteiger partial charge in [0.15, 0.2) is 0 Å². The summed E-state index contributed by atoms with van der Waals surface area (Å²) >= 11 is 0. The van der Waals surface area contributed by atoms with E-state index in [1.807, 2.05) is 60.7 Å². The lowest BCUT2D eigenvalue weighted by atomic mass is 10.00. The smallest absolute Gasteiger partial charge is 0.258 e. The molecule has 0 spiro atoms. The maximum absolute atomic E-state index is 6.60. The van der Waals surface area contributed by atoms with E-state index in [1.165, 1.54) is 19.3 Å². The number of aliphatic imine (C=N–C) groups is 1. The van der Waals surface area contributed by atoms with Crippen LogP contribution in [0.25, 0.3) is 10.8 Å². The molecule has 156 valence electrons. The van der Waals surface area contributed by atoms with Crippen molar-refractivity contribution < 1.29 is 9.57 Å². The summed E-state index contributed by atoms with van der Waals surface area (Å²) in [6.45, 7) is 0. The van der Waals surface area contributed by atoms with Gasteiger partial charge in [0, 0.05) is 19.1 Å². The van der Waals surface area contributed by atoms with E-state index in [0.29, 0.717) is 17.7 Å². The second-order valence-corrected chi connectivity index (χ2v) is 7.14. The molecule has 0 radical (unpaired) electrons. The number of allylic oxidation sites excluding steroid dienone is 1. The number of ether oxygens (including phenoxy) is 1. The van der Waals surface area contributed by atoms with Crippen LogP contribution in [0.5, 0.6) is 0 Å². The number of hydroxylamine groups is 2. The van der Waals surface area contributed by atoms with Gasteiger partial charge in [0.25, 0.3) is 5.85 Å².